The fraction of sp³-hybridized carbons (Fsp3) is 0.0769. The van der Waals surface area contributed by atoms with Crippen molar-refractivity contribution in [2.45, 2.75) is 6.29 Å². The Kier molecular flexibility index (Phi) is 1.69. The van der Waals surface area contributed by atoms with Gasteiger partial charge in [0.15, 0.2) is 6.29 Å². The minimum Gasteiger partial charge on any atom is -0.364 e. The van der Waals surface area contributed by atoms with Crippen molar-refractivity contribution in [2.24, 2.45) is 0 Å². The average molecular weight is 198 g/mol. The van der Waals surface area contributed by atoms with E-state index in [9.17, 15) is 10.2 Å². The Hall–Kier alpha value is -1.64. The third-order valence-electron chi connectivity index (χ3n) is 2.86. The molecule has 2 aromatic carbocycles. The molecule has 0 aromatic heterocycles. The van der Waals surface area contributed by atoms with Crippen molar-refractivity contribution in [3.63, 3.8) is 0 Å². The van der Waals surface area contributed by atoms with Crippen molar-refractivity contribution in [1.82, 2.24) is 0 Å². The van der Waals surface area contributed by atoms with Crippen LogP contribution in [0.3, 0.4) is 0 Å². The molecule has 0 bridgehead atoms. The maximum absolute atomic E-state index is 9.24. The molecule has 0 aliphatic heterocycles. The van der Waals surface area contributed by atoms with Gasteiger partial charge in [0, 0.05) is 5.56 Å². The van der Waals surface area contributed by atoms with Crippen LogP contribution in [0.15, 0.2) is 30.3 Å². The van der Waals surface area contributed by atoms with Crippen molar-refractivity contribution >= 4 is 22.9 Å². The number of benzene rings is 2. The Bertz CT molecular complexity index is 568. The van der Waals surface area contributed by atoms with Gasteiger partial charge in [-0.3, -0.25) is 0 Å². The van der Waals surface area contributed by atoms with Gasteiger partial charge in [0.1, 0.15) is 0 Å². The van der Waals surface area contributed by atoms with Gasteiger partial charge in [-0.1, -0.05) is 42.5 Å². The predicted octanol–water partition coefficient (Wildman–Crippen LogP) is 2.31. The summed E-state index contributed by atoms with van der Waals surface area (Å²) in [5.74, 6) is 0. The van der Waals surface area contributed by atoms with Gasteiger partial charge in [-0.2, -0.15) is 0 Å². The van der Waals surface area contributed by atoms with E-state index in [0.29, 0.717) is 5.56 Å². The van der Waals surface area contributed by atoms with E-state index in [1.54, 1.807) is 6.07 Å². The molecule has 15 heavy (non-hydrogen) atoms. The van der Waals surface area contributed by atoms with Crippen LogP contribution in [0.4, 0.5) is 0 Å². The minimum absolute atomic E-state index is 0.573. The van der Waals surface area contributed by atoms with Crippen LogP contribution in [-0.4, -0.2) is 10.2 Å². The summed E-state index contributed by atoms with van der Waals surface area (Å²) < 4.78 is 0. The SMILES string of the molecule is OC(O)c1ccc2cccc3c2c1C=C3. The Labute approximate surface area is 87.1 Å². The van der Waals surface area contributed by atoms with Crippen LogP contribution in [-0.2, 0) is 0 Å². The van der Waals surface area contributed by atoms with Crippen LogP contribution in [0, 0.1) is 0 Å². The van der Waals surface area contributed by atoms with Crippen molar-refractivity contribution in [2.75, 3.05) is 0 Å². The molecule has 0 amide bonds. The van der Waals surface area contributed by atoms with E-state index in [1.807, 2.05) is 36.4 Å². The first-order valence-electron chi connectivity index (χ1n) is 4.87. The van der Waals surface area contributed by atoms with E-state index in [2.05, 4.69) is 0 Å². The van der Waals surface area contributed by atoms with E-state index in [4.69, 9.17) is 0 Å². The first-order chi connectivity index (χ1) is 7.27. The molecule has 2 heteroatoms. The van der Waals surface area contributed by atoms with Gasteiger partial charge < -0.3 is 10.2 Å². The van der Waals surface area contributed by atoms with E-state index in [1.165, 1.54) is 0 Å². The van der Waals surface area contributed by atoms with Crippen molar-refractivity contribution in [3.05, 3.63) is 47.0 Å². The Morgan fingerprint density at radius 1 is 0.933 bits per heavy atom. The van der Waals surface area contributed by atoms with Gasteiger partial charge >= 0.3 is 0 Å². The first kappa shape index (κ1) is 8.65. The third-order valence-corrected chi connectivity index (χ3v) is 2.86. The topological polar surface area (TPSA) is 40.5 Å². The highest BCUT2D eigenvalue weighted by molar-refractivity contribution is 6.05. The molecule has 0 unspecified atom stereocenters. The van der Waals surface area contributed by atoms with Crippen molar-refractivity contribution < 1.29 is 10.2 Å². The van der Waals surface area contributed by atoms with Gasteiger partial charge in [-0.05, 0) is 21.9 Å². The zero-order valence-electron chi connectivity index (χ0n) is 8.01. The van der Waals surface area contributed by atoms with Crippen molar-refractivity contribution in [1.29, 1.82) is 0 Å². The van der Waals surface area contributed by atoms with Crippen LogP contribution < -0.4 is 0 Å². The van der Waals surface area contributed by atoms with Crippen LogP contribution in [0.25, 0.3) is 22.9 Å². The molecule has 2 nitrogen and oxygen atoms in total. The molecular formula is C13H10O2. The second kappa shape index (κ2) is 2.92. The first-order valence-corrected chi connectivity index (χ1v) is 4.87. The minimum atomic E-state index is -1.40. The molecule has 74 valence electrons. The standard InChI is InChI=1S/C13H10O2/c14-13(15)11-7-5-9-3-1-2-8-4-6-10(11)12(8)9/h1-7,13-15H. The summed E-state index contributed by atoms with van der Waals surface area (Å²) in [6.07, 6.45) is 2.54. The highest BCUT2D eigenvalue weighted by atomic mass is 16.5. The summed E-state index contributed by atoms with van der Waals surface area (Å²) in [4.78, 5) is 0. The molecule has 0 fully saturated rings. The maximum atomic E-state index is 9.24. The number of aliphatic hydroxyl groups excluding tert-OH is 1. The lowest BCUT2D eigenvalue weighted by molar-refractivity contribution is -0.0425. The summed E-state index contributed by atoms with van der Waals surface area (Å²) in [7, 11) is 0. The maximum Gasteiger partial charge on any atom is 0.179 e. The fourth-order valence-electron chi connectivity index (χ4n) is 2.17. The molecule has 0 heterocycles. The molecule has 3 rings (SSSR count). The smallest absolute Gasteiger partial charge is 0.179 e. The molecule has 0 saturated heterocycles. The second-order valence-corrected chi connectivity index (χ2v) is 3.72. The van der Waals surface area contributed by atoms with E-state index in [-0.39, 0.29) is 0 Å². The van der Waals surface area contributed by atoms with Crippen LogP contribution >= 0.6 is 0 Å². The summed E-state index contributed by atoms with van der Waals surface area (Å²) in [5.41, 5.74) is 2.65. The van der Waals surface area contributed by atoms with Crippen LogP contribution in [0.2, 0.25) is 0 Å². The van der Waals surface area contributed by atoms with Gasteiger partial charge in [-0.15, -0.1) is 0 Å². The largest absolute Gasteiger partial charge is 0.364 e. The van der Waals surface area contributed by atoms with Gasteiger partial charge in [0.2, 0.25) is 0 Å². The molecule has 0 saturated carbocycles. The average Bonchev–Trinajstić information content (AvgIpc) is 2.65. The molecule has 0 radical (unpaired) electrons. The Balaban J connectivity index is 2.45. The highest BCUT2D eigenvalue weighted by Crippen LogP contribution is 2.35. The summed E-state index contributed by atoms with van der Waals surface area (Å²) in [6.45, 7) is 0. The van der Waals surface area contributed by atoms with Gasteiger partial charge in [0.25, 0.3) is 0 Å². The Morgan fingerprint density at radius 3 is 2.60 bits per heavy atom. The van der Waals surface area contributed by atoms with Crippen LogP contribution in [0.5, 0.6) is 0 Å². The van der Waals surface area contributed by atoms with Crippen LogP contribution in [0.1, 0.15) is 23.0 Å². The second-order valence-electron chi connectivity index (χ2n) is 3.72. The molecule has 2 N–H and O–H groups in total. The molecule has 1 aliphatic carbocycles. The summed E-state index contributed by atoms with van der Waals surface area (Å²) in [5, 5.41) is 20.7. The van der Waals surface area contributed by atoms with E-state index >= 15 is 0 Å². The zero-order chi connectivity index (χ0) is 10.4. The third kappa shape index (κ3) is 1.12. The lowest BCUT2D eigenvalue weighted by Gasteiger charge is -2.09. The number of rotatable bonds is 1. The summed E-state index contributed by atoms with van der Waals surface area (Å²) in [6, 6.07) is 9.75. The lowest BCUT2D eigenvalue weighted by atomic mass is 9.99. The Morgan fingerprint density at radius 2 is 1.80 bits per heavy atom. The van der Waals surface area contributed by atoms with E-state index in [0.717, 1.165) is 21.9 Å². The molecule has 0 spiro atoms. The normalized spacial score (nSPS) is 13.0. The van der Waals surface area contributed by atoms with E-state index < -0.39 is 6.29 Å². The molecule has 0 atom stereocenters. The summed E-state index contributed by atoms with van der Waals surface area (Å²) >= 11 is 0. The quantitative estimate of drug-likeness (QED) is 0.589. The molecule has 1 aliphatic rings. The molecule has 2 aromatic rings. The van der Waals surface area contributed by atoms with Crippen molar-refractivity contribution in [3.8, 4) is 0 Å². The number of hydrogen-bond acceptors (Lipinski definition) is 2. The zero-order valence-corrected chi connectivity index (χ0v) is 8.01. The number of hydrogen-bond donors (Lipinski definition) is 2. The predicted molar refractivity (Wildman–Crippen MR) is 60.1 cm³/mol. The van der Waals surface area contributed by atoms with Gasteiger partial charge in [-0.25, -0.2) is 0 Å². The highest BCUT2D eigenvalue weighted by Gasteiger charge is 2.15. The number of aliphatic hydroxyl groups is 2. The lowest BCUT2D eigenvalue weighted by Crippen LogP contribution is -1.97. The van der Waals surface area contributed by atoms with Gasteiger partial charge in [0.05, 0.1) is 0 Å². The molecular weight excluding hydrogens is 188 g/mol. The fourth-order valence-corrected chi connectivity index (χ4v) is 2.17. The monoisotopic (exact) mass is 198 g/mol.